The number of carbonyl (C=O) groups excluding carboxylic acids is 6. The summed E-state index contributed by atoms with van der Waals surface area (Å²) in [5, 5.41) is 7.88. The van der Waals surface area contributed by atoms with Crippen LogP contribution in [0.3, 0.4) is 0 Å². The van der Waals surface area contributed by atoms with Crippen molar-refractivity contribution >= 4 is 41.7 Å². The van der Waals surface area contributed by atoms with Crippen LogP contribution < -0.4 is 0 Å². The van der Waals surface area contributed by atoms with Gasteiger partial charge in [-0.2, -0.15) is 0 Å². The van der Waals surface area contributed by atoms with Crippen molar-refractivity contribution in [1.29, 1.82) is 5.41 Å². The molecule has 1 heterocycles. The van der Waals surface area contributed by atoms with Gasteiger partial charge in [0.05, 0.1) is 0 Å². The Bertz CT molecular complexity index is 811. The van der Waals surface area contributed by atoms with E-state index in [1.807, 2.05) is 0 Å². The maximum atomic E-state index is 12.4. The van der Waals surface area contributed by atoms with Gasteiger partial charge in [0.2, 0.25) is 11.9 Å². The molecule has 1 rings (SSSR count). The number of guanidine groups is 1. The van der Waals surface area contributed by atoms with Crippen molar-refractivity contribution in [2.45, 2.75) is 66.0 Å². The van der Waals surface area contributed by atoms with Gasteiger partial charge in [-0.05, 0) is 27.7 Å². The number of hydrogen-bond donors (Lipinski definition) is 1. The minimum absolute atomic E-state index is 0.0817. The molecule has 1 aliphatic rings. The Hall–Kier alpha value is -3.51. The van der Waals surface area contributed by atoms with Crippen LogP contribution in [0.25, 0.3) is 0 Å². The van der Waals surface area contributed by atoms with E-state index < -0.39 is 60.1 Å². The molecule has 0 aliphatic carbocycles. The average molecular weight is 457 g/mol. The summed E-state index contributed by atoms with van der Waals surface area (Å²) in [6, 6.07) is 0. The summed E-state index contributed by atoms with van der Waals surface area (Å²) in [6.45, 7) is 7.53. The van der Waals surface area contributed by atoms with Crippen LogP contribution >= 0.6 is 0 Å². The van der Waals surface area contributed by atoms with Crippen molar-refractivity contribution in [1.82, 2.24) is 9.80 Å². The van der Waals surface area contributed by atoms with Crippen molar-refractivity contribution in [2.24, 2.45) is 0 Å². The van der Waals surface area contributed by atoms with Crippen molar-refractivity contribution in [3.05, 3.63) is 0 Å². The van der Waals surface area contributed by atoms with Gasteiger partial charge in [0.15, 0.2) is 24.4 Å². The van der Waals surface area contributed by atoms with Gasteiger partial charge in [-0.25, -0.2) is 14.4 Å². The monoisotopic (exact) mass is 457 g/mol. The Morgan fingerprint density at radius 3 is 1.44 bits per heavy atom. The fourth-order valence-electron chi connectivity index (χ4n) is 2.55. The molecule has 32 heavy (non-hydrogen) atoms. The van der Waals surface area contributed by atoms with Gasteiger partial charge in [-0.1, -0.05) is 0 Å². The lowest BCUT2D eigenvalue weighted by Crippen LogP contribution is -2.45. The van der Waals surface area contributed by atoms with E-state index in [4.69, 9.17) is 19.6 Å². The van der Waals surface area contributed by atoms with Crippen LogP contribution in [0, 0.1) is 5.41 Å². The highest BCUT2D eigenvalue weighted by molar-refractivity contribution is 6.05. The first-order valence-corrected chi connectivity index (χ1v) is 9.73. The van der Waals surface area contributed by atoms with Gasteiger partial charge in [0.1, 0.15) is 0 Å². The minimum Gasteiger partial charge on any atom is -0.451 e. The van der Waals surface area contributed by atoms with Gasteiger partial charge in [0, 0.05) is 26.9 Å². The van der Waals surface area contributed by atoms with Crippen LogP contribution in [0.15, 0.2) is 0 Å². The van der Waals surface area contributed by atoms with Crippen molar-refractivity contribution < 1.29 is 47.7 Å². The lowest BCUT2D eigenvalue weighted by Gasteiger charge is -2.23. The average Bonchev–Trinajstić information content (AvgIpc) is 3.07. The van der Waals surface area contributed by atoms with Gasteiger partial charge in [0.25, 0.3) is 5.91 Å². The van der Waals surface area contributed by atoms with Crippen LogP contribution in [0.2, 0.25) is 0 Å². The second kappa shape index (κ2) is 11.2. The third-order valence-corrected chi connectivity index (χ3v) is 4.27. The fraction of sp³-hybridized carbons (Fsp3) is 0.632. The summed E-state index contributed by atoms with van der Waals surface area (Å²) >= 11 is 0. The van der Waals surface area contributed by atoms with E-state index in [1.54, 1.807) is 0 Å². The molecule has 0 saturated carbocycles. The molecule has 4 atom stereocenters. The molecule has 0 aromatic rings. The first-order chi connectivity index (χ1) is 14.8. The van der Waals surface area contributed by atoms with Crippen molar-refractivity contribution in [3.63, 3.8) is 0 Å². The van der Waals surface area contributed by atoms with E-state index in [0.717, 1.165) is 16.7 Å². The molecule has 0 spiro atoms. The maximum absolute atomic E-state index is 12.4. The van der Waals surface area contributed by atoms with E-state index in [-0.39, 0.29) is 19.0 Å². The Morgan fingerprint density at radius 2 is 1.06 bits per heavy atom. The van der Waals surface area contributed by atoms with E-state index in [2.05, 4.69) is 4.74 Å². The van der Waals surface area contributed by atoms with Crippen molar-refractivity contribution in [2.75, 3.05) is 13.1 Å². The summed E-state index contributed by atoms with van der Waals surface area (Å²) < 4.78 is 19.4. The molecule has 0 radical (unpaired) electrons. The Kier molecular flexibility index (Phi) is 9.29. The van der Waals surface area contributed by atoms with Crippen LogP contribution in [-0.4, -0.2) is 89.0 Å². The molecular weight excluding hydrogens is 430 g/mol. The SMILES string of the molecule is CC(=O)O[C@@H](C)C(=O)O[C@@H](C)C(=O)O[C@@H](C)C(=O)O[C@@H](C)C(=O)N1CCN(C(C)=O)C1=N. The molecule has 1 N–H and O–H groups in total. The molecule has 0 unspecified atom stereocenters. The molecule has 13 nitrogen and oxygen atoms in total. The van der Waals surface area contributed by atoms with Gasteiger partial charge in [-0.3, -0.25) is 29.6 Å². The molecule has 13 heteroatoms. The first-order valence-electron chi connectivity index (χ1n) is 9.73. The van der Waals surface area contributed by atoms with E-state index in [1.165, 1.54) is 34.6 Å². The number of amides is 2. The lowest BCUT2D eigenvalue weighted by molar-refractivity contribution is -0.183. The van der Waals surface area contributed by atoms with Crippen LogP contribution in [0.5, 0.6) is 0 Å². The number of rotatable bonds is 8. The Balaban J connectivity index is 2.57. The number of ether oxygens (including phenoxy) is 4. The maximum Gasteiger partial charge on any atom is 0.347 e. The molecule has 2 amide bonds. The summed E-state index contributed by atoms with van der Waals surface area (Å²) in [5.41, 5.74) is 0. The highest BCUT2D eigenvalue weighted by Gasteiger charge is 2.36. The van der Waals surface area contributed by atoms with Gasteiger partial charge in [-0.15, -0.1) is 0 Å². The number of esters is 4. The molecule has 1 saturated heterocycles. The van der Waals surface area contributed by atoms with Gasteiger partial charge >= 0.3 is 23.9 Å². The first kappa shape index (κ1) is 26.5. The number of nitrogens with zero attached hydrogens (tertiary/aromatic N) is 2. The predicted octanol–water partition coefficient (Wildman–Crippen LogP) is -0.641. The molecule has 0 bridgehead atoms. The largest absolute Gasteiger partial charge is 0.451 e. The summed E-state index contributed by atoms with van der Waals surface area (Å²) in [5.74, 6) is -5.21. The van der Waals surface area contributed by atoms with E-state index >= 15 is 0 Å². The third kappa shape index (κ3) is 7.03. The second-order valence-electron chi connectivity index (χ2n) is 6.97. The topological polar surface area (TPSA) is 170 Å². The highest BCUT2D eigenvalue weighted by Crippen LogP contribution is 2.12. The smallest absolute Gasteiger partial charge is 0.347 e. The zero-order chi connectivity index (χ0) is 24.7. The minimum atomic E-state index is -1.43. The Labute approximate surface area is 184 Å². The van der Waals surface area contributed by atoms with Crippen LogP contribution in [0.1, 0.15) is 41.5 Å². The molecule has 0 aromatic heterocycles. The zero-order valence-electron chi connectivity index (χ0n) is 18.7. The zero-order valence-corrected chi connectivity index (χ0v) is 18.7. The molecule has 1 fully saturated rings. The van der Waals surface area contributed by atoms with E-state index in [9.17, 15) is 28.8 Å². The van der Waals surface area contributed by atoms with Crippen LogP contribution in [0.4, 0.5) is 0 Å². The lowest BCUT2D eigenvalue weighted by atomic mass is 10.3. The number of hydrogen-bond acceptors (Lipinski definition) is 11. The number of nitrogens with one attached hydrogen (secondary N) is 1. The predicted molar refractivity (Wildman–Crippen MR) is 105 cm³/mol. The Morgan fingerprint density at radius 1 is 0.688 bits per heavy atom. The quantitative estimate of drug-likeness (QED) is 0.365. The standard InChI is InChI=1S/C19H27N3O10/c1-9(15(25)22-8-7-21(13(5)23)19(22)20)30-17(27)11(3)32-18(28)12(4)31-16(26)10(2)29-14(6)24/h9-12,20H,7-8H2,1-6H3/t9-,10-,11-,12-/m0/s1. The van der Waals surface area contributed by atoms with E-state index in [0.29, 0.717) is 0 Å². The normalized spacial score (nSPS) is 17.0. The van der Waals surface area contributed by atoms with Gasteiger partial charge < -0.3 is 18.9 Å². The molecule has 0 aromatic carbocycles. The summed E-state index contributed by atoms with van der Waals surface area (Å²) in [6.07, 6.45) is -5.38. The molecule has 178 valence electrons. The van der Waals surface area contributed by atoms with Crippen molar-refractivity contribution in [3.8, 4) is 0 Å². The third-order valence-electron chi connectivity index (χ3n) is 4.27. The summed E-state index contributed by atoms with van der Waals surface area (Å²) in [7, 11) is 0. The second-order valence-corrected chi connectivity index (χ2v) is 6.97. The molecule has 1 aliphatic heterocycles. The fourth-order valence-corrected chi connectivity index (χ4v) is 2.55. The molecular formula is C19H27N3O10. The summed E-state index contributed by atoms with van der Waals surface area (Å²) in [4.78, 5) is 72.8. The van der Waals surface area contributed by atoms with Crippen LogP contribution in [-0.2, 0) is 47.7 Å². The highest BCUT2D eigenvalue weighted by atomic mass is 16.6. The number of carbonyl (C=O) groups is 6.